The van der Waals surface area contributed by atoms with Crippen molar-refractivity contribution < 1.29 is 13.2 Å². The van der Waals surface area contributed by atoms with Crippen LogP contribution in [0.15, 0.2) is 22.8 Å². The highest BCUT2D eigenvalue weighted by Crippen LogP contribution is 2.06. The summed E-state index contributed by atoms with van der Waals surface area (Å²) in [6.07, 6.45) is 1.74. The van der Waals surface area contributed by atoms with Gasteiger partial charge in [-0.1, -0.05) is 13.0 Å². The number of carbonyl (C=O) groups is 1. The Bertz CT molecular complexity index is 563. The van der Waals surface area contributed by atoms with E-state index in [0.29, 0.717) is 36.4 Å². The van der Waals surface area contributed by atoms with Crippen LogP contribution in [0.3, 0.4) is 0 Å². The molecule has 0 aliphatic rings. The van der Waals surface area contributed by atoms with Crippen LogP contribution in [0.5, 0.6) is 0 Å². The van der Waals surface area contributed by atoms with Gasteiger partial charge in [0.1, 0.15) is 10.3 Å². The number of aromatic nitrogens is 1. The molecular weight excluding hydrogens is 346 g/mol. The monoisotopic (exact) mass is 363 g/mol. The summed E-state index contributed by atoms with van der Waals surface area (Å²) in [4.78, 5) is 15.8. The number of pyridine rings is 1. The van der Waals surface area contributed by atoms with Crippen molar-refractivity contribution >= 4 is 31.9 Å². The van der Waals surface area contributed by atoms with Crippen molar-refractivity contribution in [2.75, 3.05) is 25.9 Å². The third-order valence-electron chi connectivity index (χ3n) is 2.64. The molecule has 1 N–H and O–H groups in total. The fourth-order valence-corrected chi connectivity index (χ4v) is 2.91. The summed E-state index contributed by atoms with van der Waals surface area (Å²) < 4.78 is 24.7. The average Bonchev–Trinajstić information content (AvgIpc) is 2.37. The molecule has 0 atom stereocenters. The smallest absolute Gasteiger partial charge is 0.269 e. The number of carbonyl (C=O) groups excluding carboxylic acids is 1. The quantitative estimate of drug-likeness (QED) is 0.583. The number of nitrogens with zero attached hydrogens (tertiary/aromatic N) is 2. The molecule has 0 saturated heterocycles. The van der Waals surface area contributed by atoms with E-state index in [4.69, 9.17) is 0 Å². The first-order valence-electron chi connectivity index (χ1n) is 6.20. The van der Waals surface area contributed by atoms with Gasteiger partial charge in [0.15, 0.2) is 0 Å². The first-order chi connectivity index (χ1) is 9.34. The lowest BCUT2D eigenvalue weighted by Crippen LogP contribution is -2.33. The molecule has 0 bridgehead atoms. The van der Waals surface area contributed by atoms with Gasteiger partial charge in [0, 0.05) is 19.6 Å². The van der Waals surface area contributed by atoms with Crippen molar-refractivity contribution in [3.8, 4) is 0 Å². The SMILES string of the molecule is CCN(CCCNC(=O)c1cccc(Br)n1)S(C)(=O)=O. The molecule has 0 aliphatic heterocycles. The standard InChI is InChI=1S/C12H18BrN3O3S/c1-3-16(20(2,18)19)9-5-8-14-12(17)10-6-4-7-11(13)15-10/h4,6-7H,3,5,8-9H2,1-2H3,(H,14,17). The molecule has 1 aromatic rings. The van der Waals surface area contributed by atoms with Crippen molar-refractivity contribution in [2.45, 2.75) is 13.3 Å². The van der Waals surface area contributed by atoms with E-state index in [9.17, 15) is 13.2 Å². The van der Waals surface area contributed by atoms with Crippen LogP contribution < -0.4 is 5.32 Å². The fraction of sp³-hybridized carbons (Fsp3) is 0.500. The summed E-state index contributed by atoms with van der Waals surface area (Å²) in [5.74, 6) is -0.270. The molecule has 6 nitrogen and oxygen atoms in total. The average molecular weight is 364 g/mol. The normalized spacial score (nSPS) is 11.6. The van der Waals surface area contributed by atoms with Gasteiger partial charge in [0.25, 0.3) is 5.91 Å². The fourth-order valence-electron chi connectivity index (χ4n) is 1.64. The molecule has 0 radical (unpaired) electrons. The Balaban J connectivity index is 2.40. The first kappa shape index (κ1) is 17.1. The molecule has 0 aromatic carbocycles. The Kier molecular flexibility index (Phi) is 6.57. The molecular formula is C12H18BrN3O3S. The van der Waals surface area contributed by atoms with Crippen LogP contribution in [-0.4, -0.2) is 49.5 Å². The van der Waals surface area contributed by atoms with E-state index in [1.807, 2.05) is 0 Å². The second kappa shape index (κ2) is 7.70. The predicted molar refractivity (Wildman–Crippen MR) is 81.0 cm³/mol. The molecule has 1 rings (SSSR count). The Labute approximate surface area is 127 Å². The van der Waals surface area contributed by atoms with Gasteiger partial charge in [-0.2, -0.15) is 0 Å². The van der Waals surface area contributed by atoms with Crippen LogP contribution in [0.2, 0.25) is 0 Å². The van der Waals surface area contributed by atoms with Crippen LogP contribution >= 0.6 is 15.9 Å². The summed E-state index contributed by atoms with van der Waals surface area (Å²) in [5, 5.41) is 2.71. The molecule has 1 amide bonds. The summed E-state index contributed by atoms with van der Waals surface area (Å²) in [6.45, 7) is 3.01. The Morgan fingerprint density at radius 3 is 2.70 bits per heavy atom. The maximum atomic E-state index is 11.8. The molecule has 0 fully saturated rings. The van der Waals surface area contributed by atoms with Crippen molar-refractivity contribution in [2.24, 2.45) is 0 Å². The molecule has 20 heavy (non-hydrogen) atoms. The second-order valence-corrected chi connectivity index (χ2v) is 7.00. The minimum atomic E-state index is -3.17. The zero-order valence-corrected chi connectivity index (χ0v) is 13.9. The van der Waals surface area contributed by atoms with Gasteiger partial charge in [0.05, 0.1) is 6.26 Å². The Morgan fingerprint density at radius 2 is 2.15 bits per heavy atom. The lowest BCUT2D eigenvalue weighted by Gasteiger charge is -2.17. The van der Waals surface area contributed by atoms with Crippen molar-refractivity contribution in [1.82, 2.24) is 14.6 Å². The van der Waals surface area contributed by atoms with Gasteiger partial charge < -0.3 is 5.32 Å². The highest BCUT2D eigenvalue weighted by molar-refractivity contribution is 9.10. The number of amides is 1. The minimum absolute atomic E-state index is 0.270. The first-order valence-corrected chi connectivity index (χ1v) is 8.84. The van der Waals surface area contributed by atoms with Gasteiger partial charge in [0.2, 0.25) is 10.0 Å². The molecule has 0 aliphatic carbocycles. The van der Waals surface area contributed by atoms with Crippen LogP contribution in [0.1, 0.15) is 23.8 Å². The van der Waals surface area contributed by atoms with E-state index in [1.54, 1.807) is 25.1 Å². The second-order valence-electron chi connectivity index (χ2n) is 4.21. The van der Waals surface area contributed by atoms with Gasteiger partial charge >= 0.3 is 0 Å². The van der Waals surface area contributed by atoms with Gasteiger partial charge in [-0.15, -0.1) is 0 Å². The predicted octanol–water partition coefficient (Wildman–Crippen LogP) is 1.25. The zero-order valence-electron chi connectivity index (χ0n) is 11.5. The number of nitrogens with one attached hydrogen (secondary N) is 1. The number of rotatable bonds is 7. The molecule has 0 unspecified atom stereocenters. The summed E-state index contributed by atoms with van der Waals surface area (Å²) in [6, 6.07) is 5.09. The summed E-state index contributed by atoms with van der Waals surface area (Å²) >= 11 is 3.20. The zero-order chi connectivity index (χ0) is 15.2. The van der Waals surface area contributed by atoms with Gasteiger partial charge in [-0.3, -0.25) is 4.79 Å². The molecule has 0 spiro atoms. The number of hydrogen-bond donors (Lipinski definition) is 1. The number of hydrogen-bond acceptors (Lipinski definition) is 4. The summed E-state index contributed by atoms with van der Waals surface area (Å²) in [7, 11) is -3.17. The topological polar surface area (TPSA) is 79.4 Å². The highest BCUT2D eigenvalue weighted by atomic mass is 79.9. The van der Waals surface area contributed by atoms with Crippen LogP contribution in [0.4, 0.5) is 0 Å². The maximum Gasteiger partial charge on any atom is 0.269 e. The maximum absolute atomic E-state index is 11.8. The van der Waals surface area contributed by atoms with Crippen molar-refractivity contribution in [1.29, 1.82) is 0 Å². The van der Waals surface area contributed by atoms with Gasteiger partial charge in [-0.25, -0.2) is 17.7 Å². The third kappa shape index (κ3) is 5.56. The number of sulfonamides is 1. The van der Waals surface area contributed by atoms with E-state index >= 15 is 0 Å². The lowest BCUT2D eigenvalue weighted by atomic mass is 10.3. The van der Waals surface area contributed by atoms with E-state index < -0.39 is 10.0 Å². The van der Waals surface area contributed by atoms with E-state index in [-0.39, 0.29) is 5.91 Å². The lowest BCUT2D eigenvalue weighted by molar-refractivity contribution is 0.0947. The van der Waals surface area contributed by atoms with Crippen molar-refractivity contribution in [3.05, 3.63) is 28.5 Å². The highest BCUT2D eigenvalue weighted by Gasteiger charge is 2.13. The molecule has 8 heteroatoms. The van der Waals surface area contributed by atoms with E-state index in [2.05, 4.69) is 26.2 Å². The summed E-state index contributed by atoms with van der Waals surface area (Å²) in [5.41, 5.74) is 0.329. The number of halogens is 1. The molecule has 112 valence electrons. The molecule has 0 saturated carbocycles. The van der Waals surface area contributed by atoms with Crippen LogP contribution in [0, 0.1) is 0 Å². The molecule has 1 heterocycles. The van der Waals surface area contributed by atoms with Crippen LogP contribution in [-0.2, 0) is 10.0 Å². The largest absolute Gasteiger partial charge is 0.351 e. The third-order valence-corrected chi connectivity index (χ3v) is 4.46. The van der Waals surface area contributed by atoms with Crippen molar-refractivity contribution in [3.63, 3.8) is 0 Å². The van der Waals surface area contributed by atoms with E-state index in [0.717, 1.165) is 0 Å². The van der Waals surface area contributed by atoms with Crippen LogP contribution in [0.25, 0.3) is 0 Å². The Morgan fingerprint density at radius 1 is 1.45 bits per heavy atom. The van der Waals surface area contributed by atoms with E-state index in [1.165, 1.54) is 10.6 Å². The molecule has 1 aromatic heterocycles. The Hall–Kier alpha value is -0.990. The minimum Gasteiger partial charge on any atom is -0.351 e. The van der Waals surface area contributed by atoms with Gasteiger partial charge in [-0.05, 0) is 34.5 Å².